The summed E-state index contributed by atoms with van der Waals surface area (Å²) in [4.78, 5) is 26.5. The molecule has 0 aliphatic heterocycles. The SMILES string of the molecule is CCCOc1ccccc1CCCNC(=O)/C(=C/c1cccs1)NC(=O)c1ccc(C)cc1. The van der Waals surface area contributed by atoms with Gasteiger partial charge in [-0.15, -0.1) is 11.3 Å². The summed E-state index contributed by atoms with van der Waals surface area (Å²) in [6.07, 6.45) is 4.22. The molecule has 2 amide bonds. The molecule has 0 atom stereocenters. The Labute approximate surface area is 199 Å². The average molecular weight is 463 g/mol. The van der Waals surface area contributed by atoms with Gasteiger partial charge < -0.3 is 15.4 Å². The van der Waals surface area contributed by atoms with Crippen molar-refractivity contribution in [3.63, 3.8) is 0 Å². The van der Waals surface area contributed by atoms with Crippen molar-refractivity contribution in [2.24, 2.45) is 0 Å². The minimum atomic E-state index is -0.310. The topological polar surface area (TPSA) is 67.4 Å². The summed E-state index contributed by atoms with van der Waals surface area (Å²) < 4.78 is 5.81. The van der Waals surface area contributed by atoms with Crippen LogP contribution in [0.1, 0.15) is 46.1 Å². The van der Waals surface area contributed by atoms with Crippen LogP contribution in [0.3, 0.4) is 0 Å². The van der Waals surface area contributed by atoms with E-state index in [0.29, 0.717) is 18.7 Å². The molecule has 5 nitrogen and oxygen atoms in total. The summed E-state index contributed by atoms with van der Waals surface area (Å²) in [6.45, 7) is 5.22. The van der Waals surface area contributed by atoms with Gasteiger partial charge in [0.1, 0.15) is 11.4 Å². The van der Waals surface area contributed by atoms with Crippen LogP contribution >= 0.6 is 11.3 Å². The summed E-state index contributed by atoms with van der Waals surface area (Å²) in [6, 6.07) is 19.1. The molecule has 3 rings (SSSR count). The molecule has 0 spiro atoms. The molecule has 1 heterocycles. The highest BCUT2D eigenvalue weighted by atomic mass is 32.1. The first-order valence-corrected chi connectivity index (χ1v) is 12.1. The van der Waals surface area contributed by atoms with E-state index in [1.54, 1.807) is 18.2 Å². The van der Waals surface area contributed by atoms with Crippen molar-refractivity contribution in [3.8, 4) is 5.75 Å². The van der Waals surface area contributed by atoms with E-state index in [1.165, 1.54) is 11.3 Å². The minimum Gasteiger partial charge on any atom is -0.493 e. The van der Waals surface area contributed by atoms with Crippen molar-refractivity contribution in [3.05, 3.63) is 93.3 Å². The summed E-state index contributed by atoms with van der Waals surface area (Å²) in [5.74, 6) is 0.281. The molecule has 0 bridgehead atoms. The molecule has 0 unspecified atom stereocenters. The number of benzene rings is 2. The molecule has 2 N–H and O–H groups in total. The zero-order valence-corrected chi connectivity index (χ0v) is 19.9. The molecule has 0 radical (unpaired) electrons. The Balaban J connectivity index is 1.60. The second-order valence-corrected chi connectivity index (χ2v) is 8.69. The standard InChI is InChI=1S/C27H30N2O3S/c1-3-17-32-25-11-5-4-8-21(25)9-6-16-28-27(31)24(19-23-10-7-18-33-23)29-26(30)22-14-12-20(2)13-15-22/h4-5,7-8,10-15,18-19H,3,6,9,16-17H2,1-2H3,(H,28,31)(H,29,30)/b24-19-. The molecule has 0 aliphatic rings. The number of nitrogens with one attached hydrogen (secondary N) is 2. The number of amides is 2. The van der Waals surface area contributed by atoms with Crippen LogP contribution in [-0.2, 0) is 11.2 Å². The number of carbonyl (C=O) groups excluding carboxylic acids is 2. The highest BCUT2D eigenvalue weighted by Crippen LogP contribution is 2.19. The summed E-state index contributed by atoms with van der Waals surface area (Å²) in [7, 11) is 0. The van der Waals surface area contributed by atoms with E-state index in [-0.39, 0.29) is 17.5 Å². The maximum atomic E-state index is 12.9. The normalized spacial score (nSPS) is 11.2. The van der Waals surface area contributed by atoms with E-state index in [4.69, 9.17) is 4.74 Å². The molecule has 0 saturated heterocycles. The number of rotatable bonds is 11. The Morgan fingerprint density at radius 2 is 1.82 bits per heavy atom. The van der Waals surface area contributed by atoms with Gasteiger partial charge in [-0.3, -0.25) is 9.59 Å². The Kier molecular flexibility index (Phi) is 9.27. The van der Waals surface area contributed by atoms with Crippen LogP contribution in [-0.4, -0.2) is 25.0 Å². The van der Waals surface area contributed by atoms with Crippen molar-refractivity contribution in [2.45, 2.75) is 33.1 Å². The van der Waals surface area contributed by atoms with Gasteiger partial charge in [0.15, 0.2) is 0 Å². The smallest absolute Gasteiger partial charge is 0.267 e. The first kappa shape index (κ1) is 24.3. The third kappa shape index (κ3) is 7.61. The van der Waals surface area contributed by atoms with Gasteiger partial charge in [0.25, 0.3) is 11.8 Å². The molecular weight excluding hydrogens is 432 g/mol. The third-order valence-electron chi connectivity index (χ3n) is 4.98. The van der Waals surface area contributed by atoms with Crippen LogP contribution < -0.4 is 15.4 Å². The van der Waals surface area contributed by atoms with Crippen LogP contribution in [0.25, 0.3) is 6.08 Å². The van der Waals surface area contributed by atoms with Gasteiger partial charge in [0, 0.05) is 17.0 Å². The predicted octanol–water partition coefficient (Wildman–Crippen LogP) is 5.37. The lowest BCUT2D eigenvalue weighted by Crippen LogP contribution is -2.35. The number of ether oxygens (including phenoxy) is 1. The van der Waals surface area contributed by atoms with Gasteiger partial charge in [-0.1, -0.05) is 48.9 Å². The maximum absolute atomic E-state index is 12.9. The molecule has 0 aliphatic carbocycles. The minimum absolute atomic E-state index is 0.231. The van der Waals surface area contributed by atoms with E-state index >= 15 is 0 Å². The van der Waals surface area contributed by atoms with Crippen molar-refractivity contribution < 1.29 is 14.3 Å². The molecule has 172 valence electrons. The van der Waals surface area contributed by atoms with Gasteiger partial charge >= 0.3 is 0 Å². The van der Waals surface area contributed by atoms with Gasteiger partial charge in [-0.05, 0) is 67.5 Å². The van der Waals surface area contributed by atoms with E-state index in [1.807, 2.05) is 54.8 Å². The highest BCUT2D eigenvalue weighted by molar-refractivity contribution is 7.10. The zero-order valence-electron chi connectivity index (χ0n) is 19.1. The number of aryl methyl sites for hydroxylation is 2. The Morgan fingerprint density at radius 3 is 2.55 bits per heavy atom. The van der Waals surface area contributed by atoms with Gasteiger partial charge in [-0.25, -0.2) is 0 Å². The number of carbonyl (C=O) groups is 2. The second kappa shape index (κ2) is 12.6. The Morgan fingerprint density at radius 1 is 1.03 bits per heavy atom. The second-order valence-electron chi connectivity index (χ2n) is 7.71. The fraction of sp³-hybridized carbons (Fsp3) is 0.259. The quantitative estimate of drug-likeness (QED) is 0.298. The Hall–Kier alpha value is -3.38. The summed E-state index contributed by atoms with van der Waals surface area (Å²) >= 11 is 1.51. The monoisotopic (exact) mass is 462 g/mol. The van der Waals surface area contributed by atoms with Crippen LogP contribution in [0.15, 0.2) is 71.7 Å². The van der Waals surface area contributed by atoms with Gasteiger partial charge in [0.2, 0.25) is 0 Å². The highest BCUT2D eigenvalue weighted by Gasteiger charge is 2.15. The predicted molar refractivity (Wildman–Crippen MR) is 134 cm³/mol. The van der Waals surface area contributed by atoms with Crippen LogP contribution in [0.4, 0.5) is 0 Å². The molecule has 33 heavy (non-hydrogen) atoms. The van der Waals surface area contributed by atoms with E-state index in [0.717, 1.165) is 41.0 Å². The average Bonchev–Trinajstić information content (AvgIpc) is 3.34. The number of para-hydroxylation sites is 1. The van der Waals surface area contributed by atoms with Crippen LogP contribution in [0, 0.1) is 6.92 Å². The largest absolute Gasteiger partial charge is 0.493 e. The number of hydrogen-bond acceptors (Lipinski definition) is 4. The maximum Gasteiger partial charge on any atom is 0.267 e. The Bertz CT molecular complexity index is 1070. The third-order valence-corrected chi connectivity index (χ3v) is 5.80. The molecular formula is C27H30N2O3S. The summed E-state index contributed by atoms with van der Waals surface area (Å²) in [5.41, 5.74) is 2.94. The van der Waals surface area contributed by atoms with Crippen molar-refractivity contribution in [1.82, 2.24) is 10.6 Å². The lowest BCUT2D eigenvalue weighted by atomic mass is 10.1. The zero-order chi connectivity index (χ0) is 23.5. The molecule has 3 aromatic rings. The number of thiophene rings is 1. The number of hydrogen-bond donors (Lipinski definition) is 2. The fourth-order valence-corrected chi connectivity index (χ4v) is 3.87. The fourth-order valence-electron chi connectivity index (χ4n) is 3.21. The molecule has 2 aromatic carbocycles. The molecule has 0 saturated carbocycles. The lowest BCUT2D eigenvalue weighted by Gasteiger charge is -2.12. The molecule has 1 aromatic heterocycles. The van der Waals surface area contributed by atoms with Crippen molar-refractivity contribution in [1.29, 1.82) is 0 Å². The first-order chi connectivity index (χ1) is 16.1. The van der Waals surface area contributed by atoms with Crippen LogP contribution in [0.5, 0.6) is 5.75 Å². The van der Waals surface area contributed by atoms with Crippen molar-refractivity contribution in [2.75, 3.05) is 13.2 Å². The molecule has 6 heteroatoms. The van der Waals surface area contributed by atoms with E-state index in [2.05, 4.69) is 23.6 Å². The lowest BCUT2D eigenvalue weighted by molar-refractivity contribution is -0.117. The molecule has 0 fully saturated rings. The van der Waals surface area contributed by atoms with Crippen LogP contribution in [0.2, 0.25) is 0 Å². The first-order valence-electron chi connectivity index (χ1n) is 11.2. The van der Waals surface area contributed by atoms with E-state index in [9.17, 15) is 9.59 Å². The van der Waals surface area contributed by atoms with Crippen molar-refractivity contribution >= 4 is 29.2 Å². The van der Waals surface area contributed by atoms with E-state index < -0.39 is 0 Å². The van der Waals surface area contributed by atoms with Gasteiger partial charge in [0.05, 0.1) is 6.61 Å². The van der Waals surface area contributed by atoms with Gasteiger partial charge in [-0.2, -0.15) is 0 Å². The summed E-state index contributed by atoms with van der Waals surface area (Å²) in [5, 5.41) is 7.65.